The maximum Gasteiger partial charge on any atom is 0.0471 e. The predicted octanol–water partition coefficient (Wildman–Crippen LogP) is 4.32. The Balaban J connectivity index is 1.92. The van der Waals surface area contributed by atoms with Crippen molar-refractivity contribution in [3.63, 3.8) is 0 Å². The highest BCUT2D eigenvalue weighted by Crippen LogP contribution is 2.30. The summed E-state index contributed by atoms with van der Waals surface area (Å²) in [4.78, 5) is 2.45. The Labute approximate surface area is 121 Å². The average Bonchev–Trinajstić information content (AvgIpc) is 2.42. The van der Waals surface area contributed by atoms with E-state index in [0.29, 0.717) is 6.04 Å². The molecule has 0 heterocycles. The third-order valence-corrected chi connectivity index (χ3v) is 4.87. The number of benzene rings is 1. The molecule has 19 heavy (non-hydrogen) atoms. The summed E-state index contributed by atoms with van der Waals surface area (Å²) in [6, 6.07) is 6.53. The lowest BCUT2D eigenvalue weighted by molar-refractivity contribution is 0.157. The van der Waals surface area contributed by atoms with Crippen LogP contribution in [0.1, 0.15) is 44.6 Å². The van der Waals surface area contributed by atoms with Crippen LogP contribution in [0.25, 0.3) is 0 Å². The van der Waals surface area contributed by atoms with Gasteiger partial charge in [-0.2, -0.15) is 0 Å². The molecule has 2 rings (SSSR count). The zero-order valence-corrected chi connectivity index (χ0v) is 12.8. The highest BCUT2D eigenvalue weighted by atomic mass is 35.5. The molecule has 0 spiro atoms. The summed E-state index contributed by atoms with van der Waals surface area (Å²) in [6.07, 6.45) is 6.73. The smallest absolute Gasteiger partial charge is 0.0471 e. The van der Waals surface area contributed by atoms with Crippen LogP contribution >= 0.6 is 11.6 Å². The van der Waals surface area contributed by atoms with Crippen molar-refractivity contribution in [1.29, 1.82) is 0 Å². The van der Waals surface area contributed by atoms with Crippen LogP contribution in [0, 0.1) is 5.92 Å². The summed E-state index contributed by atoms with van der Waals surface area (Å²) in [5, 5.41) is 0.786. The molecule has 0 radical (unpaired) electrons. The molecule has 2 N–H and O–H groups in total. The van der Waals surface area contributed by atoms with Crippen LogP contribution in [0.5, 0.6) is 0 Å². The molecule has 106 valence electrons. The van der Waals surface area contributed by atoms with E-state index >= 15 is 0 Å². The van der Waals surface area contributed by atoms with E-state index < -0.39 is 0 Å². The van der Waals surface area contributed by atoms with E-state index in [1.54, 1.807) is 0 Å². The van der Waals surface area contributed by atoms with Crippen LogP contribution in [-0.4, -0.2) is 18.0 Å². The summed E-state index contributed by atoms with van der Waals surface area (Å²) in [5.74, 6) is 0.949. The van der Waals surface area contributed by atoms with Gasteiger partial charge in [0.15, 0.2) is 0 Å². The van der Waals surface area contributed by atoms with E-state index in [4.69, 9.17) is 17.3 Å². The van der Waals surface area contributed by atoms with Crippen molar-refractivity contribution in [3.8, 4) is 0 Å². The lowest BCUT2D eigenvalue weighted by atomic mass is 9.84. The normalized spacial score (nSPS) is 23.8. The van der Waals surface area contributed by atoms with Crippen molar-refractivity contribution in [2.24, 2.45) is 5.92 Å². The average molecular weight is 281 g/mol. The highest BCUT2D eigenvalue weighted by molar-refractivity contribution is 6.31. The van der Waals surface area contributed by atoms with Gasteiger partial charge >= 0.3 is 0 Å². The summed E-state index contributed by atoms with van der Waals surface area (Å²) in [7, 11) is 2.21. The topological polar surface area (TPSA) is 29.3 Å². The molecule has 0 bridgehead atoms. The minimum Gasteiger partial charge on any atom is -0.399 e. The summed E-state index contributed by atoms with van der Waals surface area (Å²) >= 11 is 6.25. The maximum absolute atomic E-state index is 6.25. The minimum absolute atomic E-state index is 0.705. The Morgan fingerprint density at radius 3 is 2.53 bits per heavy atom. The molecule has 1 aliphatic carbocycles. The highest BCUT2D eigenvalue weighted by Gasteiger charge is 2.23. The lowest BCUT2D eigenvalue weighted by Crippen LogP contribution is -2.34. The molecule has 3 heteroatoms. The summed E-state index contributed by atoms with van der Waals surface area (Å²) < 4.78 is 0. The number of hydrogen-bond donors (Lipinski definition) is 1. The van der Waals surface area contributed by atoms with Gasteiger partial charge in [-0.15, -0.1) is 0 Å². The number of hydrogen-bond acceptors (Lipinski definition) is 2. The number of nitrogen functional groups attached to an aromatic ring is 1. The third-order valence-electron chi connectivity index (χ3n) is 4.51. The first-order valence-corrected chi connectivity index (χ1v) is 7.72. The molecule has 1 aliphatic rings. The fraction of sp³-hybridized carbons (Fsp3) is 0.625. The van der Waals surface area contributed by atoms with Gasteiger partial charge in [0.25, 0.3) is 0 Å². The van der Waals surface area contributed by atoms with Crippen LogP contribution in [0.15, 0.2) is 18.2 Å². The van der Waals surface area contributed by atoms with Crippen molar-refractivity contribution in [2.75, 3.05) is 12.8 Å². The Kier molecular flexibility index (Phi) is 5.12. The quantitative estimate of drug-likeness (QED) is 0.832. The second-order valence-corrected chi connectivity index (χ2v) is 6.26. The third kappa shape index (κ3) is 3.87. The molecule has 0 atom stereocenters. The Bertz CT molecular complexity index is 411. The van der Waals surface area contributed by atoms with E-state index in [2.05, 4.69) is 18.9 Å². The van der Waals surface area contributed by atoms with Crippen LogP contribution in [0.4, 0.5) is 5.69 Å². The number of halogens is 1. The molecular formula is C16H25ClN2. The molecule has 0 amide bonds. The van der Waals surface area contributed by atoms with Crippen molar-refractivity contribution < 1.29 is 0 Å². The van der Waals surface area contributed by atoms with Gasteiger partial charge in [-0.25, -0.2) is 0 Å². The van der Waals surface area contributed by atoms with Crippen LogP contribution < -0.4 is 5.73 Å². The van der Waals surface area contributed by atoms with Crippen LogP contribution in [-0.2, 0) is 6.54 Å². The Morgan fingerprint density at radius 1 is 1.26 bits per heavy atom. The fourth-order valence-corrected chi connectivity index (χ4v) is 3.33. The van der Waals surface area contributed by atoms with Crippen molar-refractivity contribution >= 4 is 17.3 Å². The Hall–Kier alpha value is -0.730. The SMILES string of the molecule is CCC1CCC(N(C)Cc2ccc(N)cc2Cl)CC1. The number of rotatable bonds is 4. The van der Waals surface area contributed by atoms with E-state index in [1.165, 1.54) is 37.7 Å². The summed E-state index contributed by atoms with van der Waals surface area (Å²) in [5.41, 5.74) is 7.65. The van der Waals surface area contributed by atoms with Gasteiger partial charge in [0.2, 0.25) is 0 Å². The molecular weight excluding hydrogens is 256 g/mol. The molecule has 2 nitrogen and oxygen atoms in total. The monoisotopic (exact) mass is 280 g/mol. The second-order valence-electron chi connectivity index (χ2n) is 5.85. The van der Waals surface area contributed by atoms with Gasteiger partial charge in [-0.1, -0.05) is 31.0 Å². The van der Waals surface area contributed by atoms with E-state index in [9.17, 15) is 0 Å². The predicted molar refractivity (Wildman–Crippen MR) is 83.4 cm³/mol. The van der Waals surface area contributed by atoms with Gasteiger partial charge in [0, 0.05) is 23.3 Å². The van der Waals surface area contributed by atoms with Crippen molar-refractivity contribution in [3.05, 3.63) is 28.8 Å². The lowest BCUT2D eigenvalue weighted by Gasteiger charge is -2.34. The van der Waals surface area contributed by atoms with Gasteiger partial charge in [0.1, 0.15) is 0 Å². The van der Waals surface area contributed by atoms with E-state index in [1.807, 2.05) is 18.2 Å². The zero-order chi connectivity index (χ0) is 13.8. The van der Waals surface area contributed by atoms with Crippen LogP contribution in [0.2, 0.25) is 5.02 Å². The first-order chi connectivity index (χ1) is 9.10. The largest absolute Gasteiger partial charge is 0.399 e. The standard InChI is InChI=1S/C16H25ClN2/c1-3-12-4-8-15(9-5-12)19(2)11-13-6-7-14(18)10-16(13)17/h6-7,10,12,15H,3-5,8-9,11,18H2,1-2H3. The molecule has 1 saturated carbocycles. The van der Waals surface area contributed by atoms with Crippen molar-refractivity contribution in [2.45, 2.75) is 51.6 Å². The maximum atomic E-state index is 6.25. The first-order valence-electron chi connectivity index (χ1n) is 7.34. The molecule has 0 aromatic heterocycles. The van der Waals surface area contributed by atoms with E-state index in [0.717, 1.165) is 23.2 Å². The van der Waals surface area contributed by atoms with E-state index in [-0.39, 0.29) is 0 Å². The second kappa shape index (κ2) is 6.62. The molecule has 0 unspecified atom stereocenters. The van der Waals surface area contributed by atoms with Gasteiger partial charge in [-0.05, 0) is 56.3 Å². The van der Waals surface area contributed by atoms with Gasteiger partial charge in [-0.3, -0.25) is 4.90 Å². The summed E-state index contributed by atoms with van der Waals surface area (Å²) in [6.45, 7) is 3.23. The molecule has 1 aromatic rings. The van der Waals surface area contributed by atoms with Gasteiger partial charge < -0.3 is 5.73 Å². The molecule has 1 aromatic carbocycles. The van der Waals surface area contributed by atoms with Crippen LogP contribution in [0.3, 0.4) is 0 Å². The first kappa shape index (κ1) is 14.7. The zero-order valence-electron chi connectivity index (χ0n) is 12.0. The minimum atomic E-state index is 0.705. The Morgan fingerprint density at radius 2 is 1.95 bits per heavy atom. The van der Waals surface area contributed by atoms with Crippen molar-refractivity contribution in [1.82, 2.24) is 4.90 Å². The number of anilines is 1. The molecule has 0 saturated heterocycles. The number of nitrogens with zero attached hydrogens (tertiary/aromatic N) is 1. The molecule has 1 fully saturated rings. The number of nitrogens with two attached hydrogens (primary N) is 1. The fourth-order valence-electron chi connectivity index (χ4n) is 3.08. The van der Waals surface area contributed by atoms with Gasteiger partial charge in [0.05, 0.1) is 0 Å². The molecule has 0 aliphatic heterocycles.